The van der Waals surface area contributed by atoms with Crippen molar-refractivity contribution < 1.29 is 4.74 Å². The van der Waals surface area contributed by atoms with Crippen LogP contribution in [0.25, 0.3) is 0 Å². The summed E-state index contributed by atoms with van der Waals surface area (Å²) in [7, 11) is 0. The Morgan fingerprint density at radius 1 is 1.46 bits per heavy atom. The van der Waals surface area contributed by atoms with E-state index in [1.54, 1.807) is 0 Å². The molecule has 1 aromatic heterocycles. The van der Waals surface area contributed by atoms with Crippen molar-refractivity contribution >= 4 is 11.8 Å². The summed E-state index contributed by atoms with van der Waals surface area (Å²) < 4.78 is 4.91. The van der Waals surface area contributed by atoms with Gasteiger partial charge in [-0.05, 0) is 0 Å². The van der Waals surface area contributed by atoms with E-state index in [1.165, 1.54) is 18.0 Å². The van der Waals surface area contributed by atoms with Crippen LogP contribution >= 0.6 is 11.8 Å². The first kappa shape index (κ1) is 10.1. The predicted octanol–water partition coefficient (Wildman–Crippen LogP) is -0.229. The number of hydrogen-bond acceptors (Lipinski definition) is 4. The molecule has 6 heteroatoms. The van der Waals surface area contributed by atoms with Gasteiger partial charge in [0.15, 0.2) is 0 Å². The summed E-state index contributed by atoms with van der Waals surface area (Å²) in [6, 6.07) is 1.24. The lowest BCUT2D eigenvalue weighted by molar-refractivity contribution is 0.217. The third kappa shape index (κ3) is 4.54. The van der Waals surface area contributed by atoms with Gasteiger partial charge in [0, 0.05) is 18.0 Å². The van der Waals surface area contributed by atoms with Crippen molar-refractivity contribution in [3.63, 3.8) is 0 Å². The zero-order valence-corrected chi connectivity index (χ0v) is 7.73. The standard InChI is InChI=1S/C4H4N2O2.C3H6OS/c7-3-1-2-5-4(8)6-3;1-2-5-3-4-1/h1-2H,(H2,5,6,7,8);1-3H2. The SMILES string of the molecule is C1CSCO1.O=c1cc[nH]c(=O)[nH]1. The first-order valence-corrected chi connectivity index (χ1v) is 4.88. The smallest absolute Gasteiger partial charge is 0.325 e. The molecule has 0 amide bonds. The minimum Gasteiger partial charge on any atom is -0.370 e. The third-order valence-corrected chi connectivity index (χ3v) is 2.01. The van der Waals surface area contributed by atoms with Crippen LogP contribution in [-0.2, 0) is 4.74 Å². The molecule has 1 aromatic rings. The molecule has 0 saturated carbocycles. The minimum absolute atomic E-state index is 0.381. The van der Waals surface area contributed by atoms with E-state index in [4.69, 9.17) is 4.74 Å². The molecule has 2 heterocycles. The van der Waals surface area contributed by atoms with Crippen molar-refractivity contribution in [2.75, 3.05) is 18.3 Å². The van der Waals surface area contributed by atoms with Crippen LogP contribution in [0.5, 0.6) is 0 Å². The fourth-order valence-electron chi connectivity index (χ4n) is 0.677. The van der Waals surface area contributed by atoms with Crippen LogP contribution in [0.3, 0.4) is 0 Å². The molecular formula is C7H10N2O3S. The average molecular weight is 202 g/mol. The maximum Gasteiger partial charge on any atom is 0.325 e. The summed E-state index contributed by atoms with van der Waals surface area (Å²) in [5.74, 6) is 2.11. The monoisotopic (exact) mass is 202 g/mol. The van der Waals surface area contributed by atoms with E-state index < -0.39 is 5.69 Å². The first-order valence-electron chi connectivity index (χ1n) is 3.72. The van der Waals surface area contributed by atoms with Crippen LogP contribution in [0.2, 0.25) is 0 Å². The Balaban J connectivity index is 0.000000145. The van der Waals surface area contributed by atoms with E-state index in [1.807, 2.05) is 16.7 Å². The van der Waals surface area contributed by atoms with E-state index in [0.29, 0.717) is 0 Å². The first-order chi connectivity index (χ1) is 6.29. The summed E-state index contributed by atoms with van der Waals surface area (Å²) in [5, 5.41) is 0. The molecule has 2 N–H and O–H groups in total. The highest BCUT2D eigenvalue weighted by Gasteiger charge is 1.94. The van der Waals surface area contributed by atoms with E-state index >= 15 is 0 Å². The van der Waals surface area contributed by atoms with Crippen LogP contribution in [-0.4, -0.2) is 28.3 Å². The molecule has 1 aliphatic rings. The molecule has 0 atom stereocenters. The number of aromatic amines is 2. The Bertz CT molecular complexity index is 309. The van der Waals surface area contributed by atoms with Gasteiger partial charge in [0.1, 0.15) is 0 Å². The molecule has 1 aliphatic heterocycles. The summed E-state index contributed by atoms with van der Waals surface area (Å²) >= 11 is 1.85. The molecular weight excluding hydrogens is 192 g/mol. The predicted molar refractivity (Wildman–Crippen MR) is 51.0 cm³/mol. The second-order valence-electron chi connectivity index (χ2n) is 2.23. The molecule has 72 valence electrons. The second kappa shape index (κ2) is 5.60. The molecule has 0 spiro atoms. The average Bonchev–Trinajstić information content (AvgIpc) is 2.59. The Labute approximate surface area is 78.5 Å². The van der Waals surface area contributed by atoms with Gasteiger partial charge in [-0.25, -0.2) is 4.79 Å². The van der Waals surface area contributed by atoms with E-state index in [0.717, 1.165) is 12.5 Å². The fraction of sp³-hybridized carbons (Fsp3) is 0.429. The Morgan fingerprint density at radius 2 is 2.31 bits per heavy atom. The van der Waals surface area contributed by atoms with Crippen LogP contribution < -0.4 is 11.2 Å². The highest BCUT2D eigenvalue weighted by atomic mass is 32.2. The highest BCUT2D eigenvalue weighted by Crippen LogP contribution is 2.06. The molecule has 0 bridgehead atoms. The second-order valence-corrected chi connectivity index (χ2v) is 3.28. The topological polar surface area (TPSA) is 75.0 Å². The summed E-state index contributed by atoms with van der Waals surface area (Å²) in [6.45, 7) is 0.963. The van der Waals surface area contributed by atoms with Crippen molar-refractivity contribution in [3.8, 4) is 0 Å². The van der Waals surface area contributed by atoms with Gasteiger partial charge in [0.25, 0.3) is 5.56 Å². The maximum atomic E-state index is 10.2. The van der Waals surface area contributed by atoms with E-state index in [9.17, 15) is 9.59 Å². The largest absolute Gasteiger partial charge is 0.370 e. The maximum absolute atomic E-state index is 10.2. The van der Waals surface area contributed by atoms with Crippen molar-refractivity contribution in [2.24, 2.45) is 0 Å². The summed E-state index contributed by atoms with van der Waals surface area (Å²) in [6.07, 6.45) is 1.29. The van der Waals surface area contributed by atoms with Crippen molar-refractivity contribution in [2.45, 2.75) is 0 Å². The minimum atomic E-state index is -0.475. The van der Waals surface area contributed by atoms with Crippen molar-refractivity contribution in [1.82, 2.24) is 9.97 Å². The lowest BCUT2D eigenvalue weighted by Crippen LogP contribution is -2.19. The quantitative estimate of drug-likeness (QED) is 0.609. The zero-order valence-electron chi connectivity index (χ0n) is 6.91. The van der Waals surface area contributed by atoms with Gasteiger partial charge >= 0.3 is 5.69 Å². The van der Waals surface area contributed by atoms with Crippen LogP contribution in [0.4, 0.5) is 0 Å². The number of nitrogens with one attached hydrogen (secondary N) is 2. The molecule has 0 unspecified atom stereocenters. The van der Waals surface area contributed by atoms with Gasteiger partial charge in [-0.3, -0.25) is 9.78 Å². The normalized spacial score (nSPS) is 14.8. The van der Waals surface area contributed by atoms with Gasteiger partial charge in [-0.15, -0.1) is 11.8 Å². The molecule has 5 nitrogen and oxygen atoms in total. The molecule has 0 radical (unpaired) electrons. The summed E-state index contributed by atoms with van der Waals surface area (Å²) in [4.78, 5) is 24.7. The van der Waals surface area contributed by atoms with Gasteiger partial charge in [-0.1, -0.05) is 0 Å². The molecule has 0 aliphatic carbocycles. The fourth-order valence-corrected chi connectivity index (χ4v) is 1.27. The number of aromatic nitrogens is 2. The van der Waals surface area contributed by atoms with Gasteiger partial charge in [0.2, 0.25) is 0 Å². The zero-order chi connectivity index (χ0) is 9.52. The van der Waals surface area contributed by atoms with Crippen molar-refractivity contribution in [1.29, 1.82) is 0 Å². The molecule has 1 saturated heterocycles. The van der Waals surface area contributed by atoms with Gasteiger partial charge in [-0.2, -0.15) is 0 Å². The molecule has 0 aromatic carbocycles. The molecule has 13 heavy (non-hydrogen) atoms. The van der Waals surface area contributed by atoms with E-state index in [2.05, 4.69) is 4.98 Å². The number of hydrogen-bond donors (Lipinski definition) is 2. The lowest BCUT2D eigenvalue weighted by atomic mass is 10.7. The number of rotatable bonds is 0. The number of thioether (sulfide) groups is 1. The molecule has 2 rings (SSSR count). The highest BCUT2D eigenvalue weighted by molar-refractivity contribution is 7.99. The van der Waals surface area contributed by atoms with Crippen LogP contribution in [0.1, 0.15) is 0 Å². The van der Waals surface area contributed by atoms with E-state index in [-0.39, 0.29) is 5.56 Å². The Morgan fingerprint density at radius 3 is 2.62 bits per heavy atom. The third-order valence-electron chi connectivity index (χ3n) is 1.22. The van der Waals surface area contributed by atoms with Crippen LogP contribution in [0, 0.1) is 0 Å². The lowest BCUT2D eigenvalue weighted by Gasteiger charge is -1.75. The number of ether oxygens (including phenoxy) is 1. The van der Waals surface area contributed by atoms with Crippen molar-refractivity contribution in [3.05, 3.63) is 33.1 Å². The summed E-state index contributed by atoms with van der Waals surface area (Å²) in [5.41, 5.74) is -0.855. The van der Waals surface area contributed by atoms with Crippen LogP contribution in [0.15, 0.2) is 21.9 Å². The Hall–Kier alpha value is -1.01. The molecule has 1 fully saturated rings. The van der Waals surface area contributed by atoms with Gasteiger partial charge in [0.05, 0.1) is 12.5 Å². The Kier molecular flexibility index (Phi) is 4.34. The van der Waals surface area contributed by atoms with Gasteiger partial charge < -0.3 is 9.72 Å². The number of H-pyrrole nitrogens is 2.